The van der Waals surface area contributed by atoms with Gasteiger partial charge in [0, 0.05) is 18.7 Å². The van der Waals surface area contributed by atoms with Crippen LogP contribution in [-0.4, -0.2) is 59.4 Å². The zero-order chi connectivity index (χ0) is 23.3. The molecule has 2 aromatic rings. The molecule has 3 rings (SSSR count). The standard InChI is InChI=1S/C25H29FN2O4/c1-4-27(5-2)15-16-28-22(17-9-13-20(14-10-17)32-6-3)21(24(30)25(28)31)23(29)18-7-11-19(26)12-8-18/h7-14,22,29H,4-6,15-16H2,1-3H3/b23-21+/t22-/m0/s1. The van der Waals surface area contributed by atoms with E-state index in [9.17, 15) is 19.1 Å². The average Bonchev–Trinajstić information content (AvgIpc) is 3.05. The van der Waals surface area contributed by atoms with Crippen molar-refractivity contribution < 1.29 is 23.8 Å². The highest BCUT2D eigenvalue weighted by Crippen LogP contribution is 2.39. The molecule has 170 valence electrons. The van der Waals surface area contributed by atoms with Gasteiger partial charge in [-0.2, -0.15) is 0 Å². The fraction of sp³-hybridized carbons (Fsp3) is 0.360. The van der Waals surface area contributed by atoms with Crippen molar-refractivity contribution in [2.75, 3.05) is 32.8 Å². The minimum absolute atomic E-state index is 0.00492. The monoisotopic (exact) mass is 440 g/mol. The summed E-state index contributed by atoms with van der Waals surface area (Å²) in [7, 11) is 0. The molecule has 1 heterocycles. The number of likely N-dealkylation sites (N-methyl/N-ethyl adjacent to an activating group) is 1. The van der Waals surface area contributed by atoms with E-state index < -0.39 is 23.5 Å². The molecule has 32 heavy (non-hydrogen) atoms. The number of hydrogen-bond donors (Lipinski definition) is 1. The quantitative estimate of drug-likeness (QED) is 0.363. The molecule has 0 bridgehead atoms. The molecule has 0 aromatic heterocycles. The van der Waals surface area contributed by atoms with E-state index in [1.165, 1.54) is 29.2 Å². The minimum Gasteiger partial charge on any atom is -0.507 e. The molecule has 0 unspecified atom stereocenters. The average molecular weight is 441 g/mol. The third-order valence-corrected chi connectivity index (χ3v) is 5.72. The topological polar surface area (TPSA) is 70.1 Å². The van der Waals surface area contributed by atoms with Crippen molar-refractivity contribution in [3.63, 3.8) is 0 Å². The van der Waals surface area contributed by atoms with Crippen LogP contribution in [0.2, 0.25) is 0 Å². The number of rotatable bonds is 9. The van der Waals surface area contributed by atoms with Crippen molar-refractivity contribution in [2.45, 2.75) is 26.8 Å². The second kappa shape index (κ2) is 10.4. The normalized spacial score (nSPS) is 17.9. The first-order valence-electron chi connectivity index (χ1n) is 10.9. The van der Waals surface area contributed by atoms with E-state index in [1.54, 1.807) is 24.3 Å². The molecule has 1 N–H and O–H groups in total. The van der Waals surface area contributed by atoms with Gasteiger partial charge in [-0.25, -0.2) is 4.39 Å². The molecule has 1 aliphatic heterocycles. The number of ether oxygens (including phenoxy) is 1. The summed E-state index contributed by atoms with van der Waals surface area (Å²) >= 11 is 0. The number of halogens is 1. The van der Waals surface area contributed by atoms with Crippen LogP contribution in [0.25, 0.3) is 5.76 Å². The Balaban J connectivity index is 2.06. The van der Waals surface area contributed by atoms with Gasteiger partial charge in [0.2, 0.25) is 0 Å². The van der Waals surface area contributed by atoms with Crippen LogP contribution >= 0.6 is 0 Å². The van der Waals surface area contributed by atoms with Gasteiger partial charge in [0.25, 0.3) is 11.7 Å². The molecular weight excluding hydrogens is 411 g/mol. The van der Waals surface area contributed by atoms with Gasteiger partial charge in [-0.05, 0) is 62.0 Å². The number of aliphatic hydroxyl groups is 1. The first-order chi connectivity index (χ1) is 15.4. The zero-order valence-corrected chi connectivity index (χ0v) is 18.7. The molecule has 7 heteroatoms. The lowest BCUT2D eigenvalue weighted by molar-refractivity contribution is -0.140. The highest BCUT2D eigenvalue weighted by atomic mass is 19.1. The third kappa shape index (κ3) is 4.83. The molecule has 1 aliphatic rings. The number of likely N-dealkylation sites (tertiary alicyclic amines) is 1. The fourth-order valence-corrected chi connectivity index (χ4v) is 3.92. The first-order valence-corrected chi connectivity index (χ1v) is 10.9. The van der Waals surface area contributed by atoms with Crippen molar-refractivity contribution in [2.24, 2.45) is 0 Å². The number of benzene rings is 2. The maximum Gasteiger partial charge on any atom is 0.295 e. The van der Waals surface area contributed by atoms with Gasteiger partial charge in [-0.3, -0.25) is 9.59 Å². The second-order valence-electron chi connectivity index (χ2n) is 7.53. The Bertz CT molecular complexity index is 982. The fourth-order valence-electron chi connectivity index (χ4n) is 3.92. The molecule has 6 nitrogen and oxygen atoms in total. The Hall–Kier alpha value is -3.19. The highest BCUT2D eigenvalue weighted by Gasteiger charge is 2.45. The van der Waals surface area contributed by atoms with E-state index in [0.29, 0.717) is 31.0 Å². The lowest BCUT2D eigenvalue weighted by Gasteiger charge is -2.28. The van der Waals surface area contributed by atoms with Crippen molar-refractivity contribution in [1.29, 1.82) is 0 Å². The van der Waals surface area contributed by atoms with Gasteiger partial charge in [0.15, 0.2) is 0 Å². The Morgan fingerprint density at radius 3 is 2.22 bits per heavy atom. The SMILES string of the molecule is CCOc1ccc([C@H]2/C(=C(\O)c3ccc(F)cc3)C(=O)C(=O)N2CCN(CC)CC)cc1. The second-order valence-corrected chi connectivity index (χ2v) is 7.53. The predicted molar refractivity (Wildman–Crippen MR) is 121 cm³/mol. The summed E-state index contributed by atoms with van der Waals surface area (Å²) in [6.45, 7) is 9.07. The van der Waals surface area contributed by atoms with E-state index in [4.69, 9.17) is 4.74 Å². The summed E-state index contributed by atoms with van der Waals surface area (Å²) in [6.07, 6.45) is 0. The molecular formula is C25H29FN2O4. The number of hydrogen-bond acceptors (Lipinski definition) is 5. The number of amides is 1. The predicted octanol–water partition coefficient (Wildman–Crippen LogP) is 3.99. The van der Waals surface area contributed by atoms with E-state index >= 15 is 0 Å². The maximum absolute atomic E-state index is 13.4. The first kappa shape index (κ1) is 23.5. The Kier molecular flexibility index (Phi) is 7.64. The maximum atomic E-state index is 13.4. The lowest BCUT2D eigenvalue weighted by atomic mass is 9.95. The summed E-state index contributed by atoms with van der Waals surface area (Å²) in [4.78, 5) is 29.7. The van der Waals surface area contributed by atoms with Crippen molar-refractivity contribution in [1.82, 2.24) is 9.80 Å². The number of nitrogens with zero attached hydrogens (tertiary/aromatic N) is 2. The van der Waals surface area contributed by atoms with Crippen LogP contribution < -0.4 is 4.74 Å². The molecule has 0 aliphatic carbocycles. The van der Waals surface area contributed by atoms with Gasteiger partial charge in [-0.15, -0.1) is 0 Å². The number of carbonyl (C=O) groups is 2. The Morgan fingerprint density at radius 2 is 1.66 bits per heavy atom. The third-order valence-electron chi connectivity index (χ3n) is 5.72. The summed E-state index contributed by atoms with van der Waals surface area (Å²) < 4.78 is 18.9. The van der Waals surface area contributed by atoms with Gasteiger partial charge in [-0.1, -0.05) is 26.0 Å². The van der Waals surface area contributed by atoms with Crippen LogP contribution in [0.4, 0.5) is 4.39 Å². The molecule has 1 fully saturated rings. The van der Waals surface area contributed by atoms with Gasteiger partial charge in [0.1, 0.15) is 17.3 Å². The summed E-state index contributed by atoms with van der Waals surface area (Å²) in [5, 5.41) is 11.0. The summed E-state index contributed by atoms with van der Waals surface area (Å²) in [5.41, 5.74) is 0.977. The van der Waals surface area contributed by atoms with Crippen LogP contribution in [0.3, 0.4) is 0 Å². The smallest absolute Gasteiger partial charge is 0.295 e. The number of carbonyl (C=O) groups excluding carboxylic acids is 2. The van der Waals surface area contributed by atoms with Gasteiger partial charge >= 0.3 is 0 Å². The molecule has 1 saturated heterocycles. The molecule has 2 aromatic carbocycles. The lowest BCUT2D eigenvalue weighted by Crippen LogP contribution is -2.38. The summed E-state index contributed by atoms with van der Waals surface area (Å²) in [5.74, 6) is -1.49. The van der Waals surface area contributed by atoms with Crippen LogP contribution in [0, 0.1) is 5.82 Å². The van der Waals surface area contributed by atoms with E-state index in [0.717, 1.165) is 13.1 Å². The van der Waals surface area contributed by atoms with Crippen LogP contribution in [0.5, 0.6) is 5.75 Å². The molecule has 1 amide bonds. The van der Waals surface area contributed by atoms with Gasteiger partial charge in [0.05, 0.1) is 18.2 Å². The van der Waals surface area contributed by atoms with Crippen molar-refractivity contribution in [3.8, 4) is 5.75 Å². The molecule has 0 radical (unpaired) electrons. The molecule has 0 spiro atoms. The Labute approximate surface area is 187 Å². The van der Waals surface area contributed by atoms with Gasteiger partial charge < -0.3 is 19.6 Å². The number of Topliss-reactive ketones (excluding diaryl/α,β-unsaturated/α-hetero) is 1. The van der Waals surface area contributed by atoms with E-state index in [2.05, 4.69) is 4.90 Å². The molecule has 1 atom stereocenters. The van der Waals surface area contributed by atoms with Crippen LogP contribution in [0.15, 0.2) is 54.1 Å². The van der Waals surface area contributed by atoms with Crippen LogP contribution in [-0.2, 0) is 9.59 Å². The van der Waals surface area contributed by atoms with E-state index in [-0.39, 0.29) is 16.9 Å². The highest BCUT2D eigenvalue weighted by molar-refractivity contribution is 6.46. The Morgan fingerprint density at radius 1 is 1.03 bits per heavy atom. The summed E-state index contributed by atoms with van der Waals surface area (Å²) in [6, 6.07) is 11.6. The number of ketones is 1. The van der Waals surface area contributed by atoms with Crippen molar-refractivity contribution >= 4 is 17.4 Å². The van der Waals surface area contributed by atoms with Crippen molar-refractivity contribution in [3.05, 3.63) is 71.0 Å². The van der Waals surface area contributed by atoms with Crippen LogP contribution in [0.1, 0.15) is 37.9 Å². The van der Waals surface area contributed by atoms with E-state index in [1.807, 2.05) is 20.8 Å². The molecule has 0 saturated carbocycles. The largest absolute Gasteiger partial charge is 0.507 e. The minimum atomic E-state index is -0.745. The number of aliphatic hydroxyl groups excluding tert-OH is 1. The zero-order valence-electron chi connectivity index (χ0n) is 18.7.